The average Bonchev–Trinajstić information content (AvgIpc) is 2.41. The second kappa shape index (κ2) is 6.17. The molecule has 19 heavy (non-hydrogen) atoms. The number of rotatable bonds is 3. The fourth-order valence-corrected chi connectivity index (χ4v) is 2.15. The summed E-state index contributed by atoms with van der Waals surface area (Å²) >= 11 is 9.30. The lowest BCUT2D eigenvalue weighted by molar-refractivity contribution is 0.0785. The van der Waals surface area contributed by atoms with Crippen LogP contribution in [0.3, 0.4) is 0 Å². The van der Waals surface area contributed by atoms with Crippen molar-refractivity contribution in [3.05, 3.63) is 63.3 Å². The Bertz CT molecular complexity index is 586. The summed E-state index contributed by atoms with van der Waals surface area (Å²) < 4.78 is 1.01. The zero-order valence-corrected chi connectivity index (χ0v) is 12.6. The number of carbonyl (C=O) groups excluding carboxylic acids is 1. The first kappa shape index (κ1) is 14.0. The zero-order valence-electron chi connectivity index (χ0n) is 10.3. The zero-order chi connectivity index (χ0) is 13.8. The van der Waals surface area contributed by atoms with Crippen LogP contribution in [-0.4, -0.2) is 22.8 Å². The molecule has 2 aromatic rings. The normalized spacial score (nSPS) is 10.3. The monoisotopic (exact) mass is 338 g/mol. The minimum absolute atomic E-state index is 0.138. The Balaban J connectivity index is 2.12. The van der Waals surface area contributed by atoms with Gasteiger partial charge in [0.1, 0.15) is 5.15 Å². The Morgan fingerprint density at radius 3 is 2.63 bits per heavy atom. The summed E-state index contributed by atoms with van der Waals surface area (Å²) in [5, 5.41) is 0.232. The first-order valence-electron chi connectivity index (χ1n) is 5.68. The molecule has 98 valence electrons. The van der Waals surface area contributed by atoms with E-state index in [9.17, 15) is 4.79 Å². The summed E-state index contributed by atoms with van der Waals surface area (Å²) in [6.45, 7) is 0.525. The van der Waals surface area contributed by atoms with Crippen LogP contribution in [0.4, 0.5) is 0 Å². The van der Waals surface area contributed by atoms with E-state index in [1.165, 1.54) is 0 Å². The largest absolute Gasteiger partial charge is 0.337 e. The number of hydrogen-bond donors (Lipinski definition) is 0. The minimum atomic E-state index is -0.138. The van der Waals surface area contributed by atoms with Crippen molar-refractivity contribution >= 4 is 33.4 Å². The maximum absolute atomic E-state index is 12.2. The van der Waals surface area contributed by atoms with Crippen molar-refractivity contribution in [2.45, 2.75) is 6.54 Å². The molecule has 0 aliphatic rings. The molecule has 0 aliphatic carbocycles. The molecule has 1 heterocycles. The summed E-state index contributed by atoms with van der Waals surface area (Å²) in [6, 6.07) is 11.2. The molecule has 1 aromatic carbocycles. The van der Waals surface area contributed by atoms with E-state index in [2.05, 4.69) is 20.9 Å². The lowest BCUT2D eigenvalue weighted by Crippen LogP contribution is -2.26. The molecule has 3 nitrogen and oxygen atoms in total. The predicted molar refractivity (Wildman–Crippen MR) is 79.2 cm³/mol. The molecule has 0 saturated carbocycles. The van der Waals surface area contributed by atoms with Gasteiger partial charge in [-0.1, -0.05) is 39.7 Å². The van der Waals surface area contributed by atoms with Gasteiger partial charge in [-0.3, -0.25) is 4.79 Å². The molecular weight excluding hydrogens is 328 g/mol. The fraction of sp³-hybridized carbons (Fsp3) is 0.143. The Morgan fingerprint density at radius 1 is 1.32 bits per heavy atom. The van der Waals surface area contributed by atoms with Crippen LogP contribution in [0.15, 0.2) is 47.1 Å². The number of halogens is 2. The van der Waals surface area contributed by atoms with Gasteiger partial charge in [-0.05, 0) is 29.8 Å². The Kier molecular flexibility index (Phi) is 4.56. The van der Waals surface area contributed by atoms with Gasteiger partial charge in [0.15, 0.2) is 0 Å². The number of hydrogen-bond acceptors (Lipinski definition) is 2. The number of benzene rings is 1. The molecule has 1 aromatic heterocycles. The third-order valence-corrected chi connectivity index (χ3v) is 3.50. The van der Waals surface area contributed by atoms with Gasteiger partial charge in [0, 0.05) is 24.3 Å². The second-order valence-corrected chi connectivity index (χ2v) is 5.40. The van der Waals surface area contributed by atoms with Gasteiger partial charge in [0.2, 0.25) is 0 Å². The molecule has 0 spiro atoms. The second-order valence-electron chi connectivity index (χ2n) is 4.13. The summed E-state index contributed by atoms with van der Waals surface area (Å²) in [7, 11) is 1.74. The first-order valence-corrected chi connectivity index (χ1v) is 6.85. The molecule has 0 unspecified atom stereocenters. The average molecular weight is 340 g/mol. The number of carbonyl (C=O) groups is 1. The molecular formula is C14H12BrClN2O. The van der Waals surface area contributed by atoms with Gasteiger partial charge in [-0.25, -0.2) is 4.98 Å². The fourth-order valence-electron chi connectivity index (χ4n) is 1.69. The van der Waals surface area contributed by atoms with Crippen LogP contribution in [0.25, 0.3) is 0 Å². The maximum Gasteiger partial charge on any atom is 0.257 e. The van der Waals surface area contributed by atoms with E-state index in [4.69, 9.17) is 11.6 Å². The number of aromatic nitrogens is 1. The molecule has 2 rings (SSSR count). The molecule has 0 bridgehead atoms. The summed E-state index contributed by atoms with van der Waals surface area (Å²) in [5.74, 6) is -0.138. The number of nitrogens with zero attached hydrogens (tertiary/aromatic N) is 2. The van der Waals surface area contributed by atoms with E-state index >= 15 is 0 Å². The molecule has 5 heteroatoms. The van der Waals surface area contributed by atoms with Crippen molar-refractivity contribution in [1.29, 1.82) is 0 Å². The topological polar surface area (TPSA) is 33.2 Å². The third-order valence-electron chi connectivity index (χ3n) is 2.67. The smallest absolute Gasteiger partial charge is 0.257 e. The van der Waals surface area contributed by atoms with Gasteiger partial charge in [-0.15, -0.1) is 0 Å². The molecule has 0 fully saturated rings. The quantitative estimate of drug-likeness (QED) is 0.798. The predicted octanol–water partition coefficient (Wildman–Crippen LogP) is 3.77. The van der Waals surface area contributed by atoms with E-state index in [-0.39, 0.29) is 11.1 Å². The van der Waals surface area contributed by atoms with E-state index in [1.54, 1.807) is 30.3 Å². The van der Waals surface area contributed by atoms with E-state index in [1.807, 2.05) is 24.3 Å². The molecule has 1 amide bonds. The van der Waals surface area contributed by atoms with Crippen molar-refractivity contribution in [2.75, 3.05) is 7.05 Å². The van der Waals surface area contributed by atoms with Crippen molar-refractivity contribution in [3.63, 3.8) is 0 Å². The first-order chi connectivity index (χ1) is 9.08. The number of pyridine rings is 1. The van der Waals surface area contributed by atoms with Gasteiger partial charge in [0.05, 0.1) is 5.56 Å². The Hall–Kier alpha value is -1.39. The van der Waals surface area contributed by atoms with Crippen LogP contribution in [0.5, 0.6) is 0 Å². The summed E-state index contributed by atoms with van der Waals surface area (Å²) in [5.41, 5.74) is 1.47. The van der Waals surface area contributed by atoms with Crippen molar-refractivity contribution in [3.8, 4) is 0 Å². The number of amides is 1. The van der Waals surface area contributed by atoms with Crippen LogP contribution in [0.1, 0.15) is 15.9 Å². The van der Waals surface area contributed by atoms with Crippen LogP contribution < -0.4 is 0 Å². The third kappa shape index (κ3) is 3.55. The van der Waals surface area contributed by atoms with Crippen molar-refractivity contribution in [1.82, 2.24) is 9.88 Å². The van der Waals surface area contributed by atoms with E-state index in [0.29, 0.717) is 12.1 Å². The molecule has 0 aliphatic heterocycles. The van der Waals surface area contributed by atoms with Gasteiger partial charge >= 0.3 is 0 Å². The van der Waals surface area contributed by atoms with E-state index in [0.717, 1.165) is 10.0 Å². The highest BCUT2D eigenvalue weighted by molar-refractivity contribution is 9.10. The standard InChI is InChI=1S/C14H12BrClN2O/c1-18(9-10-4-6-11(15)7-5-10)14(19)12-3-2-8-17-13(12)16/h2-8H,9H2,1H3. The molecule has 0 N–H and O–H groups in total. The maximum atomic E-state index is 12.2. The Labute approximate surface area is 125 Å². The van der Waals surface area contributed by atoms with E-state index < -0.39 is 0 Å². The summed E-state index contributed by atoms with van der Waals surface area (Å²) in [6.07, 6.45) is 1.56. The lowest BCUT2D eigenvalue weighted by atomic mass is 10.2. The SMILES string of the molecule is CN(Cc1ccc(Br)cc1)C(=O)c1cccnc1Cl. The van der Waals surface area contributed by atoms with Crippen LogP contribution in [0, 0.1) is 0 Å². The molecule has 0 atom stereocenters. The van der Waals surface area contributed by atoms with Crippen LogP contribution in [0.2, 0.25) is 5.15 Å². The highest BCUT2D eigenvalue weighted by Gasteiger charge is 2.15. The Morgan fingerprint density at radius 2 is 2.00 bits per heavy atom. The summed E-state index contributed by atoms with van der Waals surface area (Å²) in [4.78, 5) is 17.8. The van der Waals surface area contributed by atoms with Crippen molar-refractivity contribution < 1.29 is 4.79 Å². The van der Waals surface area contributed by atoms with Gasteiger partial charge in [-0.2, -0.15) is 0 Å². The van der Waals surface area contributed by atoms with Crippen LogP contribution in [-0.2, 0) is 6.54 Å². The highest BCUT2D eigenvalue weighted by atomic mass is 79.9. The van der Waals surface area contributed by atoms with Crippen LogP contribution >= 0.6 is 27.5 Å². The molecule has 0 radical (unpaired) electrons. The molecule has 0 saturated heterocycles. The highest BCUT2D eigenvalue weighted by Crippen LogP contribution is 2.16. The minimum Gasteiger partial charge on any atom is -0.337 e. The van der Waals surface area contributed by atoms with Crippen molar-refractivity contribution in [2.24, 2.45) is 0 Å². The van der Waals surface area contributed by atoms with Gasteiger partial charge in [0.25, 0.3) is 5.91 Å². The van der Waals surface area contributed by atoms with Gasteiger partial charge < -0.3 is 4.90 Å². The lowest BCUT2D eigenvalue weighted by Gasteiger charge is -2.17.